The Hall–Kier alpha value is -3.05. The molecule has 0 bridgehead atoms. The number of carbonyl (C=O) groups excluding carboxylic acids is 1. The Morgan fingerprint density at radius 1 is 1.18 bits per heavy atom. The van der Waals surface area contributed by atoms with Gasteiger partial charge in [-0.2, -0.15) is 0 Å². The highest BCUT2D eigenvalue weighted by Crippen LogP contribution is 2.21. The monoisotopic (exact) mass is 378 g/mol. The second kappa shape index (κ2) is 9.24. The van der Waals surface area contributed by atoms with Gasteiger partial charge in [-0.15, -0.1) is 0 Å². The van der Waals surface area contributed by atoms with E-state index in [9.17, 15) is 9.18 Å². The Kier molecular flexibility index (Phi) is 6.50. The van der Waals surface area contributed by atoms with Crippen molar-refractivity contribution < 1.29 is 13.9 Å². The Labute approximate surface area is 164 Å². The SMILES string of the molecule is COCCN(C/C=C/c1ccccc1)C(=O)c1cc(C)nc2cc(F)ccc12. The van der Waals surface area contributed by atoms with E-state index in [-0.39, 0.29) is 11.7 Å². The van der Waals surface area contributed by atoms with Gasteiger partial charge < -0.3 is 9.64 Å². The molecule has 3 rings (SSSR count). The molecule has 1 aromatic heterocycles. The van der Waals surface area contributed by atoms with Gasteiger partial charge >= 0.3 is 0 Å². The fraction of sp³-hybridized carbons (Fsp3) is 0.217. The first kappa shape index (κ1) is 19.7. The summed E-state index contributed by atoms with van der Waals surface area (Å²) in [4.78, 5) is 19.3. The smallest absolute Gasteiger partial charge is 0.254 e. The van der Waals surface area contributed by atoms with Gasteiger partial charge in [0.2, 0.25) is 0 Å². The highest BCUT2D eigenvalue weighted by atomic mass is 19.1. The molecule has 0 fully saturated rings. The van der Waals surface area contributed by atoms with Crippen molar-refractivity contribution in [3.8, 4) is 0 Å². The summed E-state index contributed by atoms with van der Waals surface area (Å²) in [7, 11) is 1.61. The first-order valence-electron chi connectivity index (χ1n) is 9.15. The predicted molar refractivity (Wildman–Crippen MR) is 110 cm³/mol. The summed E-state index contributed by atoms with van der Waals surface area (Å²) in [6.45, 7) is 3.14. The average Bonchev–Trinajstić information content (AvgIpc) is 2.70. The molecule has 0 atom stereocenters. The van der Waals surface area contributed by atoms with E-state index in [1.165, 1.54) is 12.1 Å². The van der Waals surface area contributed by atoms with Crippen molar-refractivity contribution in [2.45, 2.75) is 6.92 Å². The lowest BCUT2D eigenvalue weighted by molar-refractivity contribution is 0.0720. The second-order valence-electron chi connectivity index (χ2n) is 6.53. The fourth-order valence-corrected chi connectivity index (χ4v) is 3.04. The second-order valence-corrected chi connectivity index (χ2v) is 6.53. The summed E-state index contributed by atoms with van der Waals surface area (Å²) in [6, 6.07) is 16.0. The third-order valence-electron chi connectivity index (χ3n) is 4.42. The maximum atomic E-state index is 13.6. The highest BCUT2D eigenvalue weighted by molar-refractivity contribution is 6.06. The average molecular weight is 378 g/mol. The molecule has 0 saturated heterocycles. The molecule has 3 aromatic rings. The van der Waals surface area contributed by atoms with Gasteiger partial charge in [0.1, 0.15) is 5.82 Å². The number of pyridine rings is 1. The van der Waals surface area contributed by atoms with Crippen molar-refractivity contribution in [2.75, 3.05) is 26.8 Å². The van der Waals surface area contributed by atoms with Crippen LogP contribution in [-0.4, -0.2) is 42.6 Å². The zero-order valence-corrected chi connectivity index (χ0v) is 16.1. The van der Waals surface area contributed by atoms with Crippen LogP contribution in [0.5, 0.6) is 0 Å². The van der Waals surface area contributed by atoms with E-state index in [1.54, 1.807) is 31.1 Å². The van der Waals surface area contributed by atoms with Crippen LogP contribution in [0.2, 0.25) is 0 Å². The number of rotatable bonds is 7. The molecule has 2 aromatic carbocycles. The van der Waals surface area contributed by atoms with Crippen LogP contribution in [0.3, 0.4) is 0 Å². The molecule has 1 heterocycles. The number of hydrogen-bond donors (Lipinski definition) is 0. The van der Waals surface area contributed by atoms with E-state index in [0.717, 1.165) is 5.56 Å². The number of nitrogens with zero attached hydrogens (tertiary/aromatic N) is 2. The number of benzene rings is 2. The summed E-state index contributed by atoms with van der Waals surface area (Å²) in [5.41, 5.74) is 2.75. The molecular weight excluding hydrogens is 355 g/mol. The van der Waals surface area contributed by atoms with Crippen LogP contribution < -0.4 is 0 Å². The molecule has 4 nitrogen and oxygen atoms in total. The zero-order chi connectivity index (χ0) is 19.9. The quantitative estimate of drug-likeness (QED) is 0.609. The minimum absolute atomic E-state index is 0.128. The van der Waals surface area contributed by atoms with E-state index in [1.807, 2.05) is 42.5 Å². The molecule has 0 unspecified atom stereocenters. The number of halogens is 1. The highest BCUT2D eigenvalue weighted by Gasteiger charge is 2.18. The molecule has 0 saturated carbocycles. The molecule has 0 aliphatic carbocycles. The molecule has 0 aliphatic rings. The number of amides is 1. The van der Waals surface area contributed by atoms with Crippen molar-refractivity contribution in [3.63, 3.8) is 0 Å². The van der Waals surface area contributed by atoms with Gasteiger partial charge in [0.15, 0.2) is 0 Å². The van der Waals surface area contributed by atoms with Crippen molar-refractivity contribution in [2.24, 2.45) is 0 Å². The Morgan fingerprint density at radius 3 is 2.71 bits per heavy atom. The van der Waals surface area contributed by atoms with E-state index >= 15 is 0 Å². The first-order valence-corrected chi connectivity index (χ1v) is 9.15. The summed E-state index contributed by atoms with van der Waals surface area (Å²) in [6.07, 6.45) is 3.94. The Bertz CT molecular complexity index is 981. The normalized spacial score (nSPS) is 11.2. The van der Waals surface area contributed by atoms with Crippen LogP contribution in [0.4, 0.5) is 4.39 Å². The third kappa shape index (κ3) is 4.81. The molecular formula is C23H23FN2O2. The molecule has 0 aliphatic heterocycles. The van der Waals surface area contributed by atoms with Crippen LogP contribution in [0.25, 0.3) is 17.0 Å². The lowest BCUT2D eigenvalue weighted by Gasteiger charge is -2.22. The molecule has 144 valence electrons. The van der Waals surface area contributed by atoms with Gasteiger partial charge in [-0.25, -0.2) is 4.39 Å². The number of carbonyl (C=O) groups is 1. The molecule has 0 spiro atoms. The molecule has 0 radical (unpaired) electrons. The minimum atomic E-state index is -0.369. The van der Waals surface area contributed by atoms with Gasteiger partial charge in [-0.05, 0) is 30.7 Å². The number of fused-ring (bicyclic) bond motifs is 1. The molecule has 5 heteroatoms. The summed E-state index contributed by atoms with van der Waals surface area (Å²) in [5, 5.41) is 0.645. The fourth-order valence-electron chi connectivity index (χ4n) is 3.04. The van der Waals surface area contributed by atoms with Gasteiger partial charge in [-0.3, -0.25) is 9.78 Å². The van der Waals surface area contributed by atoms with Crippen molar-refractivity contribution in [1.29, 1.82) is 0 Å². The Morgan fingerprint density at radius 2 is 1.96 bits per heavy atom. The predicted octanol–water partition coefficient (Wildman–Crippen LogP) is 4.48. The lowest BCUT2D eigenvalue weighted by Crippen LogP contribution is -2.34. The van der Waals surface area contributed by atoms with Crippen LogP contribution in [0, 0.1) is 12.7 Å². The lowest BCUT2D eigenvalue weighted by atomic mass is 10.1. The minimum Gasteiger partial charge on any atom is -0.383 e. The zero-order valence-electron chi connectivity index (χ0n) is 16.1. The van der Waals surface area contributed by atoms with Crippen LogP contribution in [0.15, 0.2) is 60.7 Å². The van der Waals surface area contributed by atoms with Crippen molar-refractivity contribution >= 4 is 22.9 Å². The molecule has 0 N–H and O–H groups in total. The largest absolute Gasteiger partial charge is 0.383 e. The van der Waals surface area contributed by atoms with E-state index in [2.05, 4.69) is 4.98 Å². The number of methoxy groups -OCH3 is 1. The van der Waals surface area contributed by atoms with Crippen LogP contribution in [-0.2, 0) is 4.74 Å². The Balaban J connectivity index is 1.89. The molecule has 28 heavy (non-hydrogen) atoms. The number of ether oxygens (including phenoxy) is 1. The van der Waals surface area contributed by atoms with E-state index < -0.39 is 0 Å². The van der Waals surface area contributed by atoms with Crippen LogP contribution >= 0.6 is 0 Å². The van der Waals surface area contributed by atoms with Crippen LogP contribution in [0.1, 0.15) is 21.6 Å². The van der Waals surface area contributed by atoms with Gasteiger partial charge in [0, 0.05) is 37.3 Å². The van der Waals surface area contributed by atoms with Crippen molar-refractivity contribution in [3.05, 3.63) is 83.3 Å². The van der Waals surface area contributed by atoms with E-state index in [4.69, 9.17) is 4.74 Å². The maximum absolute atomic E-state index is 13.6. The van der Waals surface area contributed by atoms with Crippen molar-refractivity contribution in [1.82, 2.24) is 9.88 Å². The summed E-state index contributed by atoms with van der Waals surface area (Å²) in [5.74, 6) is -0.497. The first-order chi connectivity index (χ1) is 13.6. The number of aryl methyl sites for hydroxylation is 1. The van der Waals surface area contributed by atoms with Gasteiger partial charge in [0.25, 0.3) is 5.91 Å². The molecule has 1 amide bonds. The third-order valence-corrected chi connectivity index (χ3v) is 4.42. The van der Waals surface area contributed by atoms with Gasteiger partial charge in [-0.1, -0.05) is 42.5 Å². The maximum Gasteiger partial charge on any atom is 0.254 e. The number of aromatic nitrogens is 1. The van der Waals surface area contributed by atoms with Gasteiger partial charge in [0.05, 0.1) is 17.7 Å². The standard InChI is InChI=1S/C23H23FN2O2/c1-17-15-21(20-11-10-19(24)16-22(20)25-17)23(27)26(13-14-28-2)12-6-9-18-7-4-3-5-8-18/h3-11,15-16H,12-14H2,1-2H3/b9-6+. The summed E-state index contributed by atoms with van der Waals surface area (Å²) < 4.78 is 18.8. The van der Waals surface area contributed by atoms with E-state index in [0.29, 0.717) is 41.9 Å². The summed E-state index contributed by atoms with van der Waals surface area (Å²) >= 11 is 0. The topological polar surface area (TPSA) is 42.4 Å². The number of hydrogen-bond acceptors (Lipinski definition) is 3.